The lowest BCUT2D eigenvalue weighted by atomic mass is 10.1. The van der Waals surface area contributed by atoms with Gasteiger partial charge in [0.25, 0.3) is 5.56 Å². The molecular weight excluding hydrogens is 394 g/mol. The molecule has 4 rings (SSSR count). The van der Waals surface area contributed by atoms with Crippen molar-refractivity contribution in [1.82, 2.24) is 9.55 Å². The summed E-state index contributed by atoms with van der Waals surface area (Å²) < 4.78 is 1.55. The molecule has 0 amide bonds. The predicted molar refractivity (Wildman–Crippen MR) is 122 cm³/mol. The summed E-state index contributed by atoms with van der Waals surface area (Å²) in [6.45, 7) is 1.77. The van der Waals surface area contributed by atoms with Crippen LogP contribution in [0.25, 0.3) is 5.69 Å². The lowest BCUT2D eigenvalue weighted by molar-refractivity contribution is 0.908. The van der Waals surface area contributed by atoms with Gasteiger partial charge in [0, 0.05) is 16.8 Å². The fourth-order valence-electron chi connectivity index (χ4n) is 3.04. The van der Waals surface area contributed by atoms with E-state index in [-0.39, 0.29) is 16.5 Å². The number of rotatable bonds is 3. The van der Waals surface area contributed by atoms with Crippen molar-refractivity contribution < 1.29 is 0 Å². The molecule has 0 aliphatic carbocycles. The number of para-hydroxylation sites is 2. The van der Waals surface area contributed by atoms with Crippen LogP contribution in [0.1, 0.15) is 16.8 Å². The van der Waals surface area contributed by atoms with Gasteiger partial charge in [-0.2, -0.15) is 0 Å². The summed E-state index contributed by atoms with van der Waals surface area (Å²) in [6, 6.07) is 26.6. The van der Waals surface area contributed by atoms with E-state index < -0.39 is 0 Å². The quantitative estimate of drug-likeness (QED) is 0.463. The van der Waals surface area contributed by atoms with Gasteiger partial charge in [0.15, 0.2) is 11.0 Å². The van der Waals surface area contributed by atoms with E-state index in [1.54, 1.807) is 11.5 Å². The largest absolute Gasteiger partial charge is 0.335 e. The van der Waals surface area contributed by atoms with E-state index in [0.29, 0.717) is 11.4 Å². The van der Waals surface area contributed by atoms with Crippen LogP contribution in [0, 0.1) is 18.8 Å². The summed E-state index contributed by atoms with van der Waals surface area (Å²) in [5.74, 6) is 6.44. The third-order valence-electron chi connectivity index (χ3n) is 4.56. The smallest absolute Gasteiger partial charge is 0.298 e. The average Bonchev–Trinajstić information content (AvgIpc) is 2.78. The van der Waals surface area contributed by atoms with Gasteiger partial charge < -0.3 is 5.32 Å². The fourth-order valence-corrected chi connectivity index (χ4v) is 3.21. The number of hydrogen-bond donors (Lipinski definition) is 1. The van der Waals surface area contributed by atoms with Crippen LogP contribution in [0.5, 0.6) is 0 Å². The summed E-state index contributed by atoms with van der Waals surface area (Å²) in [5.41, 5.74) is 3.37. The van der Waals surface area contributed by atoms with Gasteiger partial charge in [-0.1, -0.05) is 72.0 Å². The van der Waals surface area contributed by atoms with E-state index in [4.69, 9.17) is 11.6 Å². The van der Waals surface area contributed by atoms with Gasteiger partial charge in [0.1, 0.15) is 0 Å². The third kappa shape index (κ3) is 4.12. The summed E-state index contributed by atoms with van der Waals surface area (Å²) in [7, 11) is 0. The van der Waals surface area contributed by atoms with Crippen LogP contribution < -0.4 is 10.9 Å². The monoisotopic (exact) mass is 411 g/mol. The van der Waals surface area contributed by atoms with E-state index in [1.807, 2.05) is 84.9 Å². The molecule has 0 fully saturated rings. The maximum absolute atomic E-state index is 13.2. The molecule has 1 N–H and O–H groups in total. The highest BCUT2D eigenvalue weighted by Crippen LogP contribution is 2.21. The Kier molecular flexibility index (Phi) is 5.65. The molecular formula is C25H18ClN3O. The zero-order valence-electron chi connectivity index (χ0n) is 16.3. The minimum atomic E-state index is -0.283. The number of nitrogens with one attached hydrogen (secondary N) is 1. The average molecular weight is 412 g/mol. The second kappa shape index (κ2) is 8.69. The van der Waals surface area contributed by atoms with Crippen LogP contribution in [-0.2, 0) is 0 Å². The number of anilines is 2. The van der Waals surface area contributed by atoms with Crippen molar-refractivity contribution in [2.24, 2.45) is 0 Å². The molecule has 0 spiro atoms. The molecule has 1 aromatic heterocycles. The highest BCUT2D eigenvalue weighted by atomic mass is 35.5. The van der Waals surface area contributed by atoms with Crippen LogP contribution in [-0.4, -0.2) is 9.55 Å². The number of halogens is 1. The molecule has 4 nitrogen and oxygen atoms in total. The molecule has 3 aromatic carbocycles. The first kappa shape index (κ1) is 19.5. The standard InChI is InChI=1S/C25H18ClN3O/c1-18-23(26)28-24(25(30)29(18)21-13-6-3-7-14-21)27-22-15-9-8-12-20(22)17-16-19-10-4-2-5-11-19/h2-15H,1H3,(H,27,28). The van der Waals surface area contributed by atoms with Gasteiger partial charge in [0.2, 0.25) is 0 Å². The van der Waals surface area contributed by atoms with E-state index >= 15 is 0 Å². The van der Waals surface area contributed by atoms with Crippen molar-refractivity contribution in [2.45, 2.75) is 6.92 Å². The van der Waals surface area contributed by atoms with Crippen molar-refractivity contribution in [2.75, 3.05) is 5.32 Å². The third-order valence-corrected chi connectivity index (χ3v) is 4.92. The van der Waals surface area contributed by atoms with Gasteiger partial charge >= 0.3 is 0 Å². The highest BCUT2D eigenvalue weighted by molar-refractivity contribution is 6.30. The van der Waals surface area contributed by atoms with Crippen molar-refractivity contribution in [1.29, 1.82) is 0 Å². The second-order valence-electron chi connectivity index (χ2n) is 6.60. The molecule has 4 aromatic rings. The van der Waals surface area contributed by atoms with Crippen LogP contribution >= 0.6 is 11.6 Å². The summed E-state index contributed by atoms with van der Waals surface area (Å²) in [5, 5.41) is 3.38. The molecule has 0 aliphatic rings. The van der Waals surface area contributed by atoms with Crippen molar-refractivity contribution in [3.05, 3.63) is 117 Å². The predicted octanol–water partition coefficient (Wildman–Crippen LogP) is 5.34. The van der Waals surface area contributed by atoms with Gasteiger partial charge in [-0.15, -0.1) is 0 Å². The van der Waals surface area contributed by atoms with Crippen molar-refractivity contribution in [3.63, 3.8) is 0 Å². The topological polar surface area (TPSA) is 46.9 Å². The Labute approximate surface area is 179 Å². The second-order valence-corrected chi connectivity index (χ2v) is 6.96. The van der Waals surface area contributed by atoms with Crippen LogP contribution in [0.2, 0.25) is 5.15 Å². The molecule has 146 valence electrons. The molecule has 0 unspecified atom stereocenters. The zero-order chi connectivity index (χ0) is 20.9. The SMILES string of the molecule is Cc1c(Cl)nc(Nc2ccccc2C#Cc2ccccc2)c(=O)n1-c1ccccc1. The normalized spacial score (nSPS) is 10.2. The Hall–Kier alpha value is -3.81. The number of hydrogen-bond acceptors (Lipinski definition) is 3. The maximum Gasteiger partial charge on any atom is 0.298 e. The van der Waals surface area contributed by atoms with Crippen LogP contribution in [0.15, 0.2) is 89.7 Å². The molecule has 0 saturated heterocycles. The molecule has 0 saturated carbocycles. The van der Waals surface area contributed by atoms with E-state index in [2.05, 4.69) is 22.1 Å². The number of benzene rings is 3. The Morgan fingerprint density at radius 3 is 2.23 bits per heavy atom. The van der Waals surface area contributed by atoms with E-state index in [9.17, 15) is 4.79 Å². The summed E-state index contributed by atoms with van der Waals surface area (Å²) in [4.78, 5) is 17.5. The first-order valence-electron chi connectivity index (χ1n) is 9.41. The first-order valence-corrected chi connectivity index (χ1v) is 9.79. The molecule has 1 heterocycles. The van der Waals surface area contributed by atoms with Gasteiger partial charge in [-0.05, 0) is 43.3 Å². The van der Waals surface area contributed by atoms with Crippen LogP contribution in [0.3, 0.4) is 0 Å². The lowest BCUT2D eigenvalue weighted by Crippen LogP contribution is -2.25. The molecule has 5 heteroatoms. The Morgan fingerprint density at radius 2 is 1.50 bits per heavy atom. The minimum Gasteiger partial charge on any atom is -0.335 e. The van der Waals surface area contributed by atoms with Crippen molar-refractivity contribution in [3.8, 4) is 17.5 Å². The van der Waals surface area contributed by atoms with Crippen molar-refractivity contribution >= 4 is 23.1 Å². The molecule has 0 atom stereocenters. The van der Waals surface area contributed by atoms with E-state index in [0.717, 1.165) is 16.8 Å². The van der Waals surface area contributed by atoms with E-state index in [1.165, 1.54) is 0 Å². The van der Waals surface area contributed by atoms with Gasteiger partial charge in [-0.3, -0.25) is 9.36 Å². The number of nitrogens with zero attached hydrogens (tertiary/aromatic N) is 2. The molecule has 0 bridgehead atoms. The summed E-state index contributed by atoms with van der Waals surface area (Å²) >= 11 is 6.35. The van der Waals surface area contributed by atoms with Gasteiger partial charge in [-0.25, -0.2) is 4.98 Å². The number of aromatic nitrogens is 2. The Balaban J connectivity index is 1.76. The highest BCUT2D eigenvalue weighted by Gasteiger charge is 2.15. The Bertz CT molecular complexity index is 1300. The maximum atomic E-state index is 13.2. The lowest BCUT2D eigenvalue weighted by Gasteiger charge is -2.14. The first-order chi connectivity index (χ1) is 14.6. The molecule has 30 heavy (non-hydrogen) atoms. The molecule has 0 radical (unpaired) electrons. The Morgan fingerprint density at radius 1 is 0.867 bits per heavy atom. The fraction of sp³-hybridized carbons (Fsp3) is 0.0400. The molecule has 0 aliphatic heterocycles. The zero-order valence-corrected chi connectivity index (χ0v) is 17.0. The minimum absolute atomic E-state index is 0.142. The van der Waals surface area contributed by atoms with Gasteiger partial charge in [0.05, 0.1) is 11.4 Å². The summed E-state index contributed by atoms with van der Waals surface area (Å²) in [6.07, 6.45) is 0. The van der Waals surface area contributed by atoms with Crippen LogP contribution in [0.4, 0.5) is 11.5 Å².